The highest BCUT2D eigenvalue weighted by Gasteiger charge is 2.36. The SMILES string of the molecule is CN(C)C=O.Cc1cc2ccc(C3=CCCN(C(=O)C4Cc5c(cccc5OCCOCCOCCOCCOCCc5ccc6c(c5)n(C)c(=O)n6C5CCC(=O)NC5=O)CN4C=O)C3)cc2[nH]1. The maximum atomic E-state index is 14.1. The average molecular weight is 950 g/mol. The van der Waals surface area contributed by atoms with Crippen LogP contribution in [0.15, 0.2) is 71.5 Å². The number of H-pyrrole nitrogens is 1. The third kappa shape index (κ3) is 12.7. The van der Waals surface area contributed by atoms with Gasteiger partial charge in [-0.15, -0.1) is 0 Å². The molecule has 3 aliphatic rings. The molecule has 3 aromatic carbocycles. The van der Waals surface area contributed by atoms with Crippen molar-refractivity contribution < 1.29 is 47.7 Å². The van der Waals surface area contributed by atoms with Crippen molar-refractivity contribution in [3.63, 3.8) is 0 Å². The number of benzene rings is 3. The fraction of sp³-hybridized carbons (Fsp3) is 0.451. The molecule has 2 aromatic heterocycles. The lowest BCUT2D eigenvalue weighted by atomic mass is 9.92. The number of hydrogen-bond acceptors (Lipinski definition) is 11. The first kappa shape index (κ1) is 50.3. The van der Waals surface area contributed by atoms with Gasteiger partial charge in [-0.3, -0.25) is 38.4 Å². The molecule has 368 valence electrons. The van der Waals surface area contributed by atoms with Crippen LogP contribution in [0.2, 0.25) is 0 Å². The highest BCUT2D eigenvalue weighted by atomic mass is 16.6. The van der Waals surface area contributed by atoms with Crippen molar-refractivity contribution in [3.05, 3.63) is 105 Å². The van der Waals surface area contributed by atoms with Gasteiger partial charge < -0.3 is 43.4 Å². The number of hydrogen-bond donors (Lipinski definition) is 2. The zero-order chi connectivity index (χ0) is 48.9. The summed E-state index contributed by atoms with van der Waals surface area (Å²) in [5.41, 5.74) is 8.36. The number of amides is 5. The molecular weight excluding hydrogens is 887 g/mol. The molecule has 18 heteroatoms. The molecule has 0 bridgehead atoms. The number of rotatable bonds is 21. The number of piperidine rings is 1. The van der Waals surface area contributed by atoms with E-state index in [1.54, 1.807) is 26.0 Å². The Labute approximate surface area is 401 Å². The monoisotopic (exact) mass is 949 g/mol. The predicted octanol–water partition coefficient (Wildman–Crippen LogP) is 3.70. The molecule has 2 N–H and O–H groups in total. The molecule has 0 saturated carbocycles. The maximum absolute atomic E-state index is 14.1. The summed E-state index contributed by atoms with van der Waals surface area (Å²) in [7, 11) is 5.05. The van der Waals surface area contributed by atoms with E-state index in [2.05, 4.69) is 40.6 Å². The smallest absolute Gasteiger partial charge is 0.329 e. The number of imide groups is 1. The van der Waals surface area contributed by atoms with Gasteiger partial charge in [0.25, 0.3) is 0 Å². The standard InChI is InChI=1S/C48H56N6O10.C3H7NO/c1-32-25-35-10-9-34(27-39(35)49-32)36-6-4-15-52(29-36)47(58)43-28-38-37(30-53(43)31-55)5-3-7-44(38)64-24-23-63-22-21-62-20-19-61-18-17-60-16-14-33-8-11-40-42(26-33)51(2)48(59)54(40)41-12-13-45(56)50-46(41)57;1-4(2)3-5/h3,5-11,25-27,31,41,43,49H,4,12-24,28-30H2,1-2H3,(H,50,56,57);3H,1-2H3. The third-order valence-corrected chi connectivity index (χ3v) is 12.4. The van der Waals surface area contributed by atoms with Crippen LogP contribution in [0.5, 0.6) is 5.75 Å². The van der Waals surface area contributed by atoms with Gasteiger partial charge in [-0.2, -0.15) is 0 Å². The van der Waals surface area contributed by atoms with Crippen LogP contribution in [0.1, 0.15) is 53.3 Å². The Morgan fingerprint density at radius 1 is 0.841 bits per heavy atom. The largest absolute Gasteiger partial charge is 0.491 e. The molecule has 5 aromatic rings. The van der Waals surface area contributed by atoms with Crippen LogP contribution >= 0.6 is 0 Å². The number of carbonyl (C=O) groups is 5. The van der Waals surface area contributed by atoms with Crippen molar-refractivity contribution >= 4 is 58.1 Å². The number of nitrogens with zero attached hydrogens (tertiary/aromatic N) is 5. The van der Waals surface area contributed by atoms with Crippen molar-refractivity contribution in [1.29, 1.82) is 0 Å². The van der Waals surface area contributed by atoms with Crippen molar-refractivity contribution in [3.8, 4) is 5.75 Å². The Kier molecular flexibility index (Phi) is 17.6. The van der Waals surface area contributed by atoms with Crippen LogP contribution in [0.4, 0.5) is 0 Å². The van der Waals surface area contributed by atoms with Crippen LogP contribution in [0.25, 0.3) is 27.5 Å². The molecule has 8 rings (SSSR count). The molecule has 2 unspecified atom stereocenters. The first-order chi connectivity index (χ1) is 33.4. The van der Waals surface area contributed by atoms with Gasteiger partial charge in [-0.25, -0.2) is 4.79 Å². The van der Waals surface area contributed by atoms with Gasteiger partial charge >= 0.3 is 5.69 Å². The van der Waals surface area contributed by atoms with E-state index in [1.807, 2.05) is 48.2 Å². The minimum absolute atomic E-state index is 0.0574. The van der Waals surface area contributed by atoms with Gasteiger partial charge in [0.2, 0.25) is 30.5 Å². The first-order valence-corrected chi connectivity index (χ1v) is 23.4. The number of fused-ring (bicyclic) bond motifs is 3. The molecule has 3 aliphatic heterocycles. The van der Waals surface area contributed by atoms with E-state index >= 15 is 0 Å². The molecule has 0 aliphatic carbocycles. The van der Waals surface area contributed by atoms with E-state index < -0.39 is 18.0 Å². The highest BCUT2D eigenvalue weighted by Crippen LogP contribution is 2.33. The summed E-state index contributed by atoms with van der Waals surface area (Å²) in [6.45, 7) is 7.14. The van der Waals surface area contributed by atoms with E-state index in [0.717, 1.165) is 69.2 Å². The molecule has 5 heterocycles. The molecule has 0 radical (unpaired) electrons. The second kappa shape index (κ2) is 24.1. The van der Waals surface area contributed by atoms with E-state index in [1.165, 1.54) is 14.0 Å². The van der Waals surface area contributed by atoms with Crippen molar-refractivity contribution in [1.82, 2.24) is 34.1 Å². The van der Waals surface area contributed by atoms with Gasteiger partial charge in [0.1, 0.15) is 24.4 Å². The zero-order valence-corrected chi connectivity index (χ0v) is 39.9. The molecule has 18 nitrogen and oxygen atoms in total. The lowest BCUT2D eigenvalue weighted by molar-refractivity contribution is -0.141. The van der Waals surface area contributed by atoms with Crippen molar-refractivity contribution in [2.24, 2.45) is 7.05 Å². The number of aromatic nitrogens is 3. The number of nitrogens with one attached hydrogen (secondary N) is 2. The Morgan fingerprint density at radius 2 is 1.55 bits per heavy atom. The van der Waals surface area contributed by atoms with Gasteiger partial charge in [0.15, 0.2) is 0 Å². The third-order valence-electron chi connectivity index (χ3n) is 12.4. The van der Waals surface area contributed by atoms with Gasteiger partial charge in [0.05, 0.1) is 63.9 Å². The Balaban J connectivity index is 0.00000134. The predicted molar refractivity (Wildman–Crippen MR) is 259 cm³/mol. The number of ether oxygens (including phenoxy) is 5. The number of aromatic amines is 1. The molecule has 2 atom stereocenters. The molecule has 1 fully saturated rings. The van der Waals surface area contributed by atoms with Crippen molar-refractivity contribution in [2.75, 3.05) is 86.6 Å². The van der Waals surface area contributed by atoms with Gasteiger partial charge in [0, 0.05) is 70.4 Å². The Morgan fingerprint density at radius 3 is 2.25 bits per heavy atom. The fourth-order valence-corrected chi connectivity index (χ4v) is 8.86. The lowest BCUT2D eigenvalue weighted by Gasteiger charge is -2.38. The normalized spacial score (nSPS) is 17.0. The second-order valence-electron chi connectivity index (χ2n) is 17.5. The molecule has 5 amide bonds. The van der Waals surface area contributed by atoms with E-state index in [0.29, 0.717) is 110 Å². The first-order valence-electron chi connectivity index (χ1n) is 23.4. The van der Waals surface area contributed by atoms with E-state index in [4.69, 9.17) is 23.7 Å². The zero-order valence-electron chi connectivity index (χ0n) is 39.9. The highest BCUT2D eigenvalue weighted by molar-refractivity contribution is 6.00. The second-order valence-corrected chi connectivity index (χ2v) is 17.5. The average Bonchev–Trinajstić information content (AvgIpc) is 3.85. The quantitative estimate of drug-likeness (QED) is 0.0619. The summed E-state index contributed by atoms with van der Waals surface area (Å²) in [6.07, 6.45) is 6.00. The minimum Gasteiger partial charge on any atom is -0.491 e. The topological polar surface area (TPSA) is 196 Å². The molecule has 0 spiro atoms. The number of aryl methyl sites for hydroxylation is 2. The van der Waals surface area contributed by atoms with Gasteiger partial charge in [-0.05, 0) is 84.2 Å². The van der Waals surface area contributed by atoms with Crippen LogP contribution in [0.3, 0.4) is 0 Å². The molecule has 69 heavy (non-hydrogen) atoms. The summed E-state index contributed by atoms with van der Waals surface area (Å²) in [5.74, 6) is -0.131. The number of carbonyl (C=O) groups excluding carboxylic acids is 5. The summed E-state index contributed by atoms with van der Waals surface area (Å²) in [4.78, 5) is 81.1. The Hall–Kier alpha value is -6.60. The van der Waals surface area contributed by atoms with Crippen LogP contribution in [-0.4, -0.2) is 152 Å². The van der Waals surface area contributed by atoms with E-state index in [-0.39, 0.29) is 23.9 Å². The molecular formula is C51H63N7O11. The summed E-state index contributed by atoms with van der Waals surface area (Å²) in [5, 5.41) is 3.49. The van der Waals surface area contributed by atoms with Crippen LogP contribution < -0.4 is 15.7 Å². The number of imidazole rings is 1. The van der Waals surface area contributed by atoms with Crippen molar-refractivity contribution in [2.45, 2.75) is 57.7 Å². The minimum atomic E-state index is -0.713. The van der Waals surface area contributed by atoms with E-state index in [9.17, 15) is 28.8 Å². The van der Waals surface area contributed by atoms with Gasteiger partial charge in [-0.1, -0.05) is 36.4 Å². The molecule has 1 saturated heterocycles. The van der Waals surface area contributed by atoms with Crippen LogP contribution in [0, 0.1) is 6.92 Å². The summed E-state index contributed by atoms with van der Waals surface area (Å²) < 4.78 is 32.0. The maximum Gasteiger partial charge on any atom is 0.329 e. The summed E-state index contributed by atoms with van der Waals surface area (Å²) >= 11 is 0. The summed E-state index contributed by atoms with van der Waals surface area (Å²) in [6, 6.07) is 18.6. The Bertz CT molecular complexity index is 2700. The fourth-order valence-electron chi connectivity index (χ4n) is 8.86. The van der Waals surface area contributed by atoms with Crippen LogP contribution in [-0.2, 0) is 69.4 Å². The lowest BCUT2D eigenvalue weighted by Crippen LogP contribution is -2.52.